The van der Waals surface area contributed by atoms with Crippen molar-refractivity contribution in [3.63, 3.8) is 0 Å². The van der Waals surface area contributed by atoms with Crippen molar-refractivity contribution in [1.82, 2.24) is 9.55 Å². The molecule has 1 aliphatic carbocycles. The average Bonchev–Trinajstić information content (AvgIpc) is 2.73. The summed E-state index contributed by atoms with van der Waals surface area (Å²) in [5.41, 5.74) is 7.72. The molecule has 1 spiro atoms. The van der Waals surface area contributed by atoms with Crippen LogP contribution in [0.1, 0.15) is 43.8 Å². The van der Waals surface area contributed by atoms with Gasteiger partial charge in [0.2, 0.25) is 0 Å². The number of hydrogen-bond acceptors (Lipinski definition) is 3. The van der Waals surface area contributed by atoms with Crippen LogP contribution < -0.4 is 5.73 Å². The molecular formula is C13H21N3O. The second-order valence-electron chi connectivity index (χ2n) is 5.59. The molecule has 0 radical (unpaired) electrons. The summed E-state index contributed by atoms with van der Waals surface area (Å²) >= 11 is 0. The number of aryl methyl sites for hydroxylation is 1. The predicted molar refractivity (Wildman–Crippen MR) is 65.4 cm³/mol. The fraction of sp³-hybridized carbons (Fsp3) is 0.769. The van der Waals surface area contributed by atoms with Crippen molar-refractivity contribution >= 4 is 0 Å². The summed E-state index contributed by atoms with van der Waals surface area (Å²) < 4.78 is 7.99. The minimum absolute atomic E-state index is 0.101. The standard InChI is InChI=1S/C13H21N3O/c1-16-9-15-8-11(16)12(14)10-3-6-17-13(7-10)4-2-5-13/h8-10,12H,2-7,14H2,1H3. The van der Waals surface area contributed by atoms with Crippen LogP contribution in [0.4, 0.5) is 0 Å². The molecule has 0 amide bonds. The maximum atomic E-state index is 6.40. The normalized spacial score (nSPS) is 28.9. The van der Waals surface area contributed by atoms with Gasteiger partial charge < -0.3 is 15.0 Å². The molecule has 1 aliphatic heterocycles. The molecule has 4 nitrogen and oxygen atoms in total. The SMILES string of the molecule is Cn1cncc1C(N)C1CCOC2(CCC2)C1. The molecule has 2 atom stereocenters. The van der Waals surface area contributed by atoms with Gasteiger partial charge in [-0.3, -0.25) is 0 Å². The third-order valence-corrected chi connectivity index (χ3v) is 4.50. The Balaban J connectivity index is 1.73. The first-order valence-corrected chi connectivity index (χ1v) is 6.56. The molecule has 4 heteroatoms. The fourth-order valence-electron chi connectivity index (χ4n) is 3.22. The molecule has 3 rings (SSSR count). The van der Waals surface area contributed by atoms with Gasteiger partial charge in [0.05, 0.1) is 17.6 Å². The van der Waals surface area contributed by atoms with E-state index in [0.29, 0.717) is 5.92 Å². The molecule has 0 aromatic carbocycles. The van der Waals surface area contributed by atoms with Crippen LogP contribution in [0.5, 0.6) is 0 Å². The molecule has 1 saturated carbocycles. The van der Waals surface area contributed by atoms with E-state index in [4.69, 9.17) is 10.5 Å². The van der Waals surface area contributed by atoms with Gasteiger partial charge in [0.1, 0.15) is 0 Å². The molecule has 0 bridgehead atoms. The molecule has 2 aliphatic rings. The number of hydrogen-bond donors (Lipinski definition) is 1. The number of nitrogens with zero attached hydrogens (tertiary/aromatic N) is 2. The predicted octanol–water partition coefficient (Wildman–Crippen LogP) is 1.77. The lowest BCUT2D eigenvalue weighted by molar-refractivity contribution is -0.146. The van der Waals surface area contributed by atoms with E-state index in [2.05, 4.69) is 4.98 Å². The Morgan fingerprint density at radius 2 is 2.41 bits per heavy atom. The van der Waals surface area contributed by atoms with E-state index >= 15 is 0 Å². The second-order valence-corrected chi connectivity index (χ2v) is 5.59. The molecule has 1 saturated heterocycles. The van der Waals surface area contributed by atoms with Gasteiger partial charge >= 0.3 is 0 Å². The summed E-state index contributed by atoms with van der Waals surface area (Å²) in [4.78, 5) is 4.16. The van der Waals surface area contributed by atoms with Crippen molar-refractivity contribution < 1.29 is 4.74 Å². The monoisotopic (exact) mass is 235 g/mol. The lowest BCUT2D eigenvalue weighted by atomic mass is 9.70. The zero-order chi connectivity index (χ0) is 11.9. The van der Waals surface area contributed by atoms with Crippen molar-refractivity contribution in [2.24, 2.45) is 18.7 Å². The van der Waals surface area contributed by atoms with Gasteiger partial charge in [0.15, 0.2) is 0 Å². The first kappa shape index (κ1) is 11.2. The van der Waals surface area contributed by atoms with Crippen molar-refractivity contribution in [2.45, 2.75) is 43.7 Å². The number of rotatable bonds is 2. The van der Waals surface area contributed by atoms with Crippen LogP contribution >= 0.6 is 0 Å². The molecule has 1 aromatic rings. The Morgan fingerprint density at radius 3 is 3.00 bits per heavy atom. The van der Waals surface area contributed by atoms with E-state index in [1.807, 2.05) is 24.1 Å². The Hall–Kier alpha value is -0.870. The lowest BCUT2D eigenvalue weighted by Crippen LogP contribution is -2.47. The number of nitrogens with two attached hydrogens (primary N) is 1. The molecule has 94 valence electrons. The Morgan fingerprint density at radius 1 is 1.59 bits per heavy atom. The lowest BCUT2D eigenvalue weighted by Gasteiger charge is -2.48. The summed E-state index contributed by atoms with van der Waals surface area (Å²) in [5.74, 6) is 0.541. The quantitative estimate of drug-likeness (QED) is 0.850. The minimum atomic E-state index is 0.101. The van der Waals surface area contributed by atoms with Crippen molar-refractivity contribution in [1.29, 1.82) is 0 Å². The Bertz CT molecular complexity index is 397. The van der Waals surface area contributed by atoms with Crippen LogP contribution in [0.3, 0.4) is 0 Å². The number of imidazole rings is 1. The van der Waals surface area contributed by atoms with Crippen molar-refractivity contribution in [2.75, 3.05) is 6.61 Å². The zero-order valence-electron chi connectivity index (χ0n) is 10.4. The highest BCUT2D eigenvalue weighted by atomic mass is 16.5. The van der Waals surface area contributed by atoms with E-state index in [0.717, 1.165) is 25.1 Å². The smallest absolute Gasteiger partial charge is 0.0946 e. The van der Waals surface area contributed by atoms with E-state index in [1.54, 1.807) is 0 Å². The first-order valence-electron chi connectivity index (χ1n) is 6.56. The zero-order valence-corrected chi connectivity index (χ0v) is 10.4. The molecule has 2 heterocycles. The van der Waals surface area contributed by atoms with E-state index in [9.17, 15) is 0 Å². The van der Waals surface area contributed by atoms with Crippen LogP contribution in [-0.2, 0) is 11.8 Å². The summed E-state index contributed by atoms with van der Waals surface area (Å²) in [6.45, 7) is 0.871. The molecule has 1 aromatic heterocycles. The largest absolute Gasteiger partial charge is 0.375 e. The van der Waals surface area contributed by atoms with Gasteiger partial charge in [-0.25, -0.2) is 4.98 Å². The summed E-state index contributed by atoms with van der Waals surface area (Å²) in [6.07, 6.45) is 9.69. The highest BCUT2D eigenvalue weighted by Crippen LogP contribution is 2.46. The number of aromatic nitrogens is 2. The van der Waals surface area contributed by atoms with Crippen LogP contribution in [-0.4, -0.2) is 21.8 Å². The van der Waals surface area contributed by atoms with E-state index < -0.39 is 0 Å². The Labute approximate surface area is 102 Å². The van der Waals surface area contributed by atoms with Crippen LogP contribution in [0.15, 0.2) is 12.5 Å². The average molecular weight is 235 g/mol. The van der Waals surface area contributed by atoms with Gasteiger partial charge in [0.25, 0.3) is 0 Å². The summed E-state index contributed by atoms with van der Waals surface area (Å²) in [6, 6.07) is 0.101. The maximum absolute atomic E-state index is 6.40. The van der Waals surface area contributed by atoms with Crippen molar-refractivity contribution in [3.8, 4) is 0 Å². The summed E-state index contributed by atoms with van der Waals surface area (Å²) in [7, 11) is 2.01. The van der Waals surface area contributed by atoms with Crippen LogP contribution in [0.2, 0.25) is 0 Å². The molecule has 2 fully saturated rings. The number of ether oxygens (including phenoxy) is 1. The third kappa shape index (κ3) is 1.89. The Kier molecular flexibility index (Phi) is 2.71. The minimum Gasteiger partial charge on any atom is -0.375 e. The first-order chi connectivity index (χ1) is 8.20. The van der Waals surface area contributed by atoms with Gasteiger partial charge in [-0.2, -0.15) is 0 Å². The van der Waals surface area contributed by atoms with E-state index in [1.165, 1.54) is 19.3 Å². The van der Waals surface area contributed by atoms with Crippen molar-refractivity contribution in [3.05, 3.63) is 18.2 Å². The fourth-order valence-corrected chi connectivity index (χ4v) is 3.22. The van der Waals surface area contributed by atoms with Crippen LogP contribution in [0, 0.1) is 5.92 Å². The van der Waals surface area contributed by atoms with Gasteiger partial charge in [0, 0.05) is 25.9 Å². The van der Waals surface area contributed by atoms with E-state index in [-0.39, 0.29) is 11.6 Å². The molecular weight excluding hydrogens is 214 g/mol. The highest BCUT2D eigenvalue weighted by molar-refractivity contribution is 5.08. The maximum Gasteiger partial charge on any atom is 0.0946 e. The molecule has 17 heavy (non-hydrogen) atoms. The third-order valence-electron chi connectivity index (χ3n) is 4.50. The summed E-state index contributed by atoms with van der Waals surface area (Å²) in [5, 5.41) is 0. The van der Waals surface area contributed by atoms with Gasteiger partial charge in [-0.1, -0.05) is 0 Å². The highest BCUT2D eigenvalue weighted by Gasteiger charge is 2.44. The molecule has 2 unspecified atom stereocenters. The second kappa shape index (κ2) is 4.10. The van der Waals surface area contributed by atoms with Crippen LogP contribution in [0.25, 0.3) is 0 Å². The topological polar surface area (TPSA) is 53.1 Å². The van der Waals surface area contributed by atoms with Gasteiger partial charge in [-0.05, 0) is 38.0 Å². The molecule has 2 N–H and O–H groups in total. The van der Waals surface area contributed by atoms with Gasteiger partial charge in [-0.15, -0.1) is 0 Å².